The fraction of sp³-hybridized carbons (Fsp3) is 0.125. The molecule has 116 valence electrons. The molecule has 2 heterocycles. The van der Waals surface area contributed by atoms with Gasteiger partial charge >= 0.3 is 5.97 Å². The monoisotopic (exact) mass is 310 g/mol. The average molecular weight is 310 g/mol. The van der Waals surface area contributed by atoms with E-state index in [1.807, 2.05) is 31.2 Å². The van der Waals surface area contributed by atoms with Gasteiger partial charge in [-0.25, -0.2) is 4.98 Å². The number of hydrogen-bond donors (Lipinski definition) is 2. The Bertz CT molecular complexity index is 898. The van der Waals surface area contributed by atoms with Gasteiger partial charge in [0.2, 0.25) is 0 Å². The van der Waals surface area contributed by atoms with Crippen LogP contribution < -0.4 is 0 Å². The maximum Gasteiger partial charge on any atom is 0.309 e. The smallest absolute Gasteiger partial charge is 0.309 e. The van der Waals surface area contributed by atoms with Crippen LogP contribution in [0.4, 0.5) is 11.5 Å². The molecule has 0 aliphatic carbocycles. The first-order chi connectivity index (χ1) is 11.0. The van der Waals surface area contributed by atoms with Gasteiger partial charge in [-0.05, 0) is 31.2 Å². The SMILES string of the molecule is Cc1ccc(N=Nc2c(CC(=O)O)nc3c(O)cccn23)cc1. The molecule has 0 aliphatic heterocycles. The topological polar surface area (TPSA) is 99.5 Å². The molecule has 0 aliphatic rings. The lowest BCUT2D eigenvalue weighted by molar-refractivity contribution is -0.136. The van der Waals surface area contributed by atoms with Crippen LogP contribution >= 0.6 is 0 Å². The van der Waals surface area contributed by atoms with Gasteiger partial charge in [0.1, 0.15) is 0 Å². The van der Waals surface area contributed by atoms with Crippen LogP contribution in [0.5, 0.6) is 5.75 Å². The molecule has 1 aromatic carbocycles. The largest absolute Gasteiger partial charge is 0.504 e. The lowest BCUT2D eigenvalue weighted by atomic mass is 10.2. The van der Waals surface area contributed by atoms with Crippen LogP contribution in [0.3, 0.4) is 0 Å². The van der Waals surface area contributed by atoms with Gasteiger partial charge in [-0.2, -0.15) is 0 Å². The molecule has 0 spiro atoms. The first-order valence-corrected chi connectivity index (χ1v) is 6.93. The summed E-state index contributed by atoms with van der Waals surface area (Å²) in [5.41, 5.74) is 2.25. The minimum atomic E-state index is -1.03. The van der Waals surface area contributed by atoms with Crippen LogP contribution in [0.1, 0.15) is 11.3 Å². The van der Waals surface area contributed by atoms with Gasteiger partial charge in [0, 0.05) is 6.20 Å². The van der Waals surface area contributed by atoms with Crippen molar-refractivity contribution >= 4 is 23.1 Å². The molecule has 2 aromatic heterocycles. The molecule has 7 nitrogen and oxygen atoms in total. The highest BCUT2D eigenvalue weighted by atomic mass is 16.4. The number of imidazole rings is 1. The standard InChI is InChI=1S/C16H14N4O3/c1-10-4-6-11(7-5-10)18-19-15-12(9-14(22)23)17-16-13(21)3-2-8-20(15)16/h2-8,21H,9H2,1H3,(H,22,23). The van der Waals surface area contributed by atoms with Gasteiger partial charge in [-0.3, -0.25) is 9.20 Å². The molecule has 0 unspecified atom stereocenters. The zero-order valence-corrected chi connectivity index (χ0v) is 12.3. The molecular weight excluding hydrogens is 296 g/mol. The predicted octanol–water partition coefficient (Wildman–Crippen LogP) is 3.39. The van der Waals surface area contributed by atoms with E-state index in [-0.39, 0.29) is 23.5 Å². The maximum absolute atomic E-state index is 11.0. The Hall–Kier alpha value is -3.22. The summed E-state index contributed by atoms with van der Waals surface area (Å²) in [5, 5.41) is 27.1. The second kappa shape index (κ2) is 5.88. The Kier molecular flexibility index (Phi) is 3.76. The van der Waals surface area contributed by atoms with Crippen molar-refractivity contribution in [1.82, 2.24) is 9.38 Å². The number of carbonyl (C=O) groups is 1. The van der Waals surface area contributed by atoms with E-state index in [9.17, 15) is 9.90 Å². The van der Waals surface area contributed by atoms with Crippen molar-refractivity contribution in [3.05, 3.63) is 53.9 Å². The van der Waals surface area contributed by atoms with Crippen molar-refractivity contribution in [1.29, 1.82) is 0 Å². The summed E-state index contributed by atoms with van der Waals surface area (Å²) in [6.45, 7) is 1.97. The Labute approximate surface area is 131 Å². The molecule has 0 atom stereocenters. The third-order valence-electron chi connectivity index (χ3n) is 3.29. The van der Waals surface area contributed by atoms with Crippen molar-refractivity contribution < 1.29 is 15.0 Å². The maximum atomic E-state index is 11.0. The number of nitrogens with zero attached hydrogens (tertiary/aromatic N) is 4. The average Bonchev–Trinajstić information content (AvgIpc) is 2.85. The van der Waals surface area contributed by atoms with Crippen LogP contribution in [-0.4, -0.2) is 25.6 Å². The van der Waals surface area contributed by atoms with Crippen molar-refractivity contribution in [3.63, 3.8) is 0 Å². The molecule has 0 saturated heterocycles. The fourth-order valence-electron chi connectivity index (χ4n) is 2.17. The Morgan fingerprint density at radius 1 is 1.22 bits per heavy atom. The van der Waals surface area contributed by atoms with Crippen LogP contribution in [0.15, 0.2) is 52.8 Å². The number of aromatic hydroxyl groups is 1. The van der Waals surface area contributed by atoms with Gasteiger partial charge in [0.05, 0.1) is 17.8 Å². The summed E-state index contributed by atoms with van der Waals surface area (Å²) in [5.74, 6) is -0.783. The van der Waals surface area contributed by atoms with Crippen LogP contribution in [0, 0.1) is 6.92 Å². The molecule has 3 rings (SSSR count). The summed E-state index contributed by atoms with van der Waals surface area (Å²) in [6, 6.07) is 10.6. The number of rotatable bonds is 4. The van der Waals surface area contributed by atoms with Gasteiger partial charge < -0.3 is 10.2 Å². The fourth-order valence-corrected chi connectivity index (χ4v) is 2.17. The zero-order chi connectivity index (χ0) is 16.4. The van der Waals surface area contributed by atoms with Crippen LogP contribution in [-0.2, 0) is 11.2 Å². The summed E-state index contributed by atoms with van der Waals surface area (Å²) in [7, 11) is 0. The number of aryl methyl sites for hydroxylation is 1. The number of fused-ring (bicyclic) bond motifs is 1. The molecule has 0 amide bonds. The first kappa shape index (κ1) is 14.7. The van der Waals surface area contributed by atoms with E-state index in [0.717, 1.165) is 5.56 Å². The number of carboxylic acid groups (broad SMARTS) is 1. The minimum Gasteiger partial charge on any atom is -0.504 e. The van der Waals surface area contributed by atoms with Crippen LogP contribution in [0.25, 0.3) is 5.65 Å². The molecule has 0 fully saturated rings. The van der Waals surface area contributed by atoms with Crippen LogP contribution in [0.2, 0.25) is 0 Å². The third kappa shape index (κ3) is 3.03. The Balaban J connectivity index is 2.08. The summed E-state index contributed by atoms with van der Waals surface area (Å²) >= 11 is 0. The van der Waals surface area contributed by atoms with E-state index < -0.39 is 5.97 Å². The summed E-state index contributed by atoms with van der Waals surface area (Å²) < 4.78 is 1.52. The number of benzene rings is 1. The number of azo groups is 1. The van der Waals surface area contributed by atoms with Gasteiger partial charge in [-0.1, -0.05) is 17.7 Å². The van der Waals surface area contributed by atoms with E-state index in [0.29, 0.717) is 11.5 Å². The third-order valence-corrected chi connectivity index (χ3v) is 3.29. The van der Waals surface area contributed by atoms with Crippen molar-refractivity contribution in [2.45, 2.75) is 13.3 Å². The number of aromatic nitrogens is 2. The summed E-state index contributed by atoms with van der Waals surface area (Å²) in [4.78, 5) is 15.2. The highest BCUT2D eigenvalue weighted by Crippen LogP contribution is 2.28. The van der Waals surface area contributed by atoms with E-state index in [2.05, 4.69) is 15.2 Å². The van der Waals surface area contributed by atoms with Gasteiger partial charge in [0.15, 0.2) is 17.2 Å². The predicted molar refractivity (Wildman–Crippen MR) is 83.6 cm³/mol. The lowest BCUT2D eigenvalue weighted by Crippen LogP contribution is -2.00. The molecule has 7 heteroatoms. The minimum absolute atomic E-state index is 0.0454. The Morgan fingerprint density at radius 2 is 1.96 bits per heavy atom. The number of hydrogen-bond acceptors (Lipinski definition) is 5. The molecule has 0 saturated carbocycles. The van der Waals surface area contributed by atoms with Crippen molar-refractivity contribution in [3.8, 4) is 5.75 Å². The molecule has 2 N–H and O–H groups in total. The molecule has 0 bridgehead atoms. The molecular formula is C16H14N4O3. The van der Waals surface area contributed by atoms with E-state index in [1.165, 1.54) is 10.5 Å². The van der Waals surface area contributed by atoms with Gasteiger partial charge in [0.25, 0.3) is 0 Å². The van der Waals surface area contributed by atoms with Crippen molar-refractivity contribution in [2.24, 2.45) is 10.2 Å². The second-order valence-corrected chi connectivity index (χ2v) is 5.08. The van der Waals surface area contributed by atoms with Crippen molar-refractivity contribution in [2.75, 3.05) is 0 Å². The highest BCUT2D eigenvalue weighted by Gasteiger charge is 2.16. The normalized spacial score (nSPS) is 11.3. The first-order valence-electron chi connectivity index (χ1n) is 6.93. The molecule has 0 radical (unpaired) electrons. The second-order valence-electron chi connectivity index (χ2n) is 5.08. The van der Waals surface area contributed by atoms with Gasteiger partial charge in [-0.15, -0.1) is 10.2 Å². The highest BCUT2D eigenvalue weighted by molar-refractivity contribution is 5.73. The summed E-state index contributed by atoms with van der Waals surface area (Å²) in [6.07, 6.45) is 1.35. The number of aliphatic carboxylic acids is 1. The van der Waals surface area contributed by atoms with E-state index >= 15 is 0 Å². The van der Waals surface area contributed by atoms with E-state index in [1.54, 1.807) is 12.3 Å². The Morgan fingerprint density at radius 3 is 2.65 bits per heavy atom. The number of carboxylic acids is 1. The molecule has 23 heavy (non-hydrogen) atoms. The van der Waals surface area contributed by atoms with E-state index in [4.69, 9.17) is 5.11 Å². The quantitative estimate of drug-likeness (QED) is 0.721. The number of pyridine rings is 1. The zero-order valence-electron chi connectivity index (χ0n) is 12.3. The lowest BCUT2D eigenvalue weighted by Gasteiger charge is -1.98. The molecule has 3 aromatic rings.